The molecule has 1 saturated heterocycles. The van der Waals surface area contributed by atoms with E-state index in [1.165, 1.54) is 0 Å². The second-order valence-electron chi connectivity index (χ2n) is 6.14. The van der Waals surface area contributed by atoms with Crippen LogP contribution in [-0.4, -0.2) is 36.5 Å². The summed E-state index contributed by atoms with van der Waals surface area (Å²) in [6, 6.07) is 7.01. The maximum absolute atomic E-state index is 11.6. The van der Waals surface area contributed by atoms with Crippen LogP contribution in [0.3, 0.4) is 0 Å². The van der Waals surface area contributed by atoms with Gasteiger partial charge in [-0.15, -0.1) is 0 Å². The van der Waals surface area contributed by atoms with Crippen molar-refractivity contribution in [3.8, 4) is 5.75 Å². The predicted octanol–water partition coefficient (Wildman–Crippen LogP) is 1.49. The molecule has 5 nitrogen and oxygen atoms in total. The molecule has 1 aromatic carbocycles. The molecule has 2 rings (SSSR count). The van der Waals surface area contributed by atoms with Crippen molar-refractivity contribution in [3.63, 3.8) is 0 Å². The van der Waals surface area contributed by atoms with E-state index in [1.54, 1.807) is 0 Å². The van der Waals surface area contributed by atoms with Crippen LogP contribution in [0, 0.1) is 0 Å². The number of benzene rings is 1. The Balaban J connectivity index is 1.91. The van der Waals surface area contributed by atoms with E-state index in [0.717, 1.165) is 17.6 Å². The maximum Gasteiger partial charge on any atom is 0.252 e. The Hall–Kier alpha value is -1.88. The van der Waals surface area contributed by atoms with Gasteiger partial charge in [0.05, 0.1) is 12.6 Å². The zero-order valence-corrected chi connectivity index (χ0v) is 12.6. The van der Waals surface area contributed by atoms with Gasteiger partial charge in [0.15, 0.2) is 6.10 Å². The number of nitrogens with one attached hydrogen (secondary N) is 1. The van der Waals surface area contributed by atoms with Crippen molar-refractivity contribution < 1.29 is 19.1 Å². The third-order valence-corrected chi connectivity index (χ3v) is 2.92. The monoisotopic (exact) mass is 291 g/mol. The highest BCUT2D eigenvalue weighted by Crippen LogP contribution is 2.19. The first-order chi connectivity index (χ1) is 9.87. The minimum absolute atomic E-state index is 0.222. The van der Waals surface area contributed by atoms with Gasteiger partial charge in [-0.25, -0.2) is 0 Å². The molecule has 2 atom stereocenters. The second-order valence-corrected chi connectivity index (χ2v) is 6.14. The van der Waals surface area contributed by atoms with Gasteiger partial charge < -0.3 is 19.6 Å². The lowest BCUT2D eigenvalue weighted by Crippen LogP contribution is -2.40. The van der Waals surface area contributed by atoms with Crippen molar-refractivity contribution in [1.82, 2.24) is 5.32 Å². The Morgan fingerprint density at radius 1 is 1.43 bits per heavy atom. The quantitative estimate of drug-likeness (QED) is 0.637. The van der Waals surface area contributed by atoms with E-state index in [0.29, 0.717) is 13.0 Å². The number of amides is 1. The minimum Gasteiger partial charge on any atom is -0.488 e. The molecule has 1 heterocycles. The highest BCUT2D eigenvalue weighted by molar-refractivity contribution is 5.85. The summed E-state index contributed by atoms with van der Waals surface area (Å²) in [4.78, 5) is 22.6. The van der Waals surface area contributed by atoms with E-state index in [2.05, 4.69) is 5.32 Å². The first-order valence-corrected chi connectivity index (χ1v) is 7.02. The Labute approximate surface area is 124 Å². The Morgan fingerprint density at radius 2 is 2.05 bits per heavy atom. The summed E-state index contributed by atoms with van der Waals surface area (Å²) in [7, 11) is 0. The molecule has 1 aliphatic heterocycles. The van der Waals surface area contributed by atoms with Crippen LogP contribution in [0.15, 0.2) is 24.3 Å². The summed E-state index contributed by atoms with van der Waals surface area (Å²) >= 11 is 0. The molecule has 0 spiro atoms. The zero-order chi connectivity index (χ0) is 15.5. The third-order valence-electron chi connectivity index (χ3n) is 2.92. The number of carbonyl (C=O) groups is 2. The van der Waals surface area contributed by atoms with Crippen LogP contribution in [0.4, 0.5) is 0 Å². The minimum atomic E-state index is -0.531. The van der Waals surface area contributed by atoms with Crippen molar-refractivity contribution >= 4 is 12.2 Å². The molecule has 1 fully saturated rings. The van der Waals surface area contributed by atoms with Crippen molar-refractivity contribution in [2.75, 3.05) is 6.61 Å². The van der Waals surface area contributed by atoms with Crippen LogP contribution in [0.5, 0.6) is 5.75 Å². The lowest BCUT2D eigenvalue weighted by molar-refractivity contribution is -0.125. The molecular formula is C16H21NO4. The Morgan fingerprint density at radius 3 is 2.52 bits per heavy atom. The Bertz CT molecular complexity index is 500. The number of ether oxygens (including phenoxy) is 2. The number of carbonyl (C=O) groups excluding carboxylic acids is 2. The topological polar surface area (TPSA) is 67.9 Å². The molecule has 114 valence electrons. The molecule has 1 amide bonds. The fourth-order valence-corrected chi connectivity index (χ4v) is 1.91. The molecule has 0 aromatic heterocycles. The molecule has 1 unspecified atom stereocenters. The van der Waals surface area contributed by atoms with E-state index >= 15 is 0 Å². The number of epoxide rings is 1. The molecule has 0 radical (unpaired) electrons. The normalized spacial score (nSPS) is 18.7. The van der Waals surface area contributed by atoms with E-state index in [1.807, 2.05) is 45.0 Å². The average molecular weight is 291 g/mol. The second kappa shape index (κ2) is 6.26. The number of aldehydes is 1. The van der Waals surface area contributed by atoms with E-state index in [9.17, 15) is 9.59 Å². The van der Waals surface area contributed by atoms with Gasteiger partial charge in [0.25, 0.3) is 5.91 Å². The predicted molar refractivity (Wildman–Crippen MR) is 78.3 cm³/mol. The fraction of sp³-hybridized carbons (Fsp3) is 0.500. The van der Waals surface area contributed by atoms with Crippen LogP contribution >= 0.6 is 0 Å². The standard InChI is InChI=1S/C16H21NO4/c1-16(2,3)21-13-6-4-11(5-7-13)8-12(9-18)17-15(19)14-10-20-14/h4-7,9,12,14H,8,10H2,1-3H3,(H,17,19)/t12-,14?/m0/s1. The zero-order valence-electron chi connectivity index (χ0n) is 12.6. The van der Waals surface area contributed by atoms with Crippen LogP contribution in [0.1, 0.15) is 26.3 Å². The van der Waals surface area contributed by atoms with Crippen molar-refractivity contribution in [1.29, 1.82) is 0 Å². The van der Waals surface area contributed by atoms with Gasteiger partial charge in [-0.05, 0) is 44.9 Å². The van der Waals surface area contributed by atoms with Gasteiger partial charge in [-0.2, -0.15) is 0 Å². The summed E-state index contributed by atoms with van der Waals surface area (Å²) in [5.74, 6) is 0.559. The highest BCUT2D eigenvalue weighted by Gasteiger charge is 2.32. The van der Waals surface area contributed by atoms with Crippen LogP contribution in [0.25, 0.3) is 0 Å². The molecule has 0 aliphatic carbocycles. The lowest BCUT2D eigenvalue weighted by Gasteiger charge is -2.21. The SMILES string of the molecule is CC(C)(C)Oc1ccc(C[C@@H](C=O)NC(=O)C2CO2)cc1. The summed E-state index contributed by atoms with van der Waals surface area (Å²) in [5, 5.41) is 2.67. The van der Waals surface area contributed by atoms with Crippen molar-refractivity contribution in [2.24, 2.45) is 0 Å². The number of rotatable bonds is 6. The van der Waals surface area contributed by atoms with E-state index in [4.69, 9.17) is 9.47 Å². The number of hydrogen-bond acceptors (Lipinski definition) is 4. The lowest BCUT2D eigenvalue weighted by atomic mass is 10.1. The largest absolute Gasteiger partial charge is 0.488 e. The van der Waals surface area contributed by atoms with Gasteiger partial charge in [-0.3, -0.25) is 4.79 Å². The van der Waals surface area contributed by atoms with Crippen molar-refractivity contribution in [2.45, 2.75) is 44.9 Å². The van der Waals surface area contributed by atoms with Gasteiger partial charge in [0, 0.05) is 0 Å². The van der Waals surface area contributed by atoms with Crippen LogP contribution < -0.4 is 10.1 Å². The molecule has 5 heteroatoms. The molecule has 1 N–H and O–H groups in total. The van der Waals surface area contributed by atoms with Gasteiger partial charge >= 0.3 is 0 Å². The van der Waals surface area contributed by atoms with Gasteiger partial charge in [0.2, 0.25) is 0 Å². The summed E-state index contributed by atoms with van der Waals surface area (Å²) in [5.41, 5.74) is 0.718. The fourth-order valence-electron chi connectivity index (χ4n) is 1.91. The van der Waals surface area contributed by atoms with Crippen LogP contribution in [0.2, 0.25) is 0 Å². The summed E-state index contributed by atoms with van der Waals surface area (Å²) in [6.07, 6.45) is 0.826. The van der Waals surface area contributed by atoms with Crippen LogP contribution in [-0.2, 0) is 20.7 Å². The average Bonchev–Trinajstić information content (AvgIpc) is 3.22. The molecule has 1 aromatic rings. The van der Waals surface area contributed by atoms with E-state index in [-0.39, 0.29) is 17.6 Å². The van der Waals surface area contributed by atoms with Gasteiger partial charge in [0.1, 0.15) is 17.6 Å². The van der Waals surface area contributed by atoms with E-state index < -0.39 is 6.04 Å². The highest BCUT2D eigenvalue weighted by atomic mass is 16.6. The Kier molecular flexibility index (Phi) is 4.63. The molecule has 0 saturated carbocycles. The van der Waals surface area contributed by atoms with Gasteiger partial charge in [-0.1, -0.05) is 12.1 Å². The number of hydrogen-bond donors (Lipinski definition) is 1. The first kappa shape index (κ1) is 15.5. The summed E-state index contributed by atoms with van der Waals surface area (Å²) < 4.78 is 10.6. The molecule has 1 aliphatic rings. The molecular weight excluding hydrogens is 270 g/mol. The summed E-state index contributed by atoms with van der Waals surface area (Å²) in [6.45, 7) is 6.40. The van der Waals surface area contributed by atoms with Crippen molar-refractivity contribution in [3.05, 3.63) is 29.8 Å². The smallest absolute Gasteiger partial charge is 0.252 e. The maximum atomic E-state index is 11.6. The molecule has 0 bridgehead atoms. The first-order valence-electron chi connectivity index (χ1n) is 7.02. The molecule has 21 heavy (non-hydrogen) atoms. The third kappa shape index (κ3) is 5.19.